The summed E-state index contributed by atoms with van der Waals surface area (Å²) in [5.74, 6) is 0.314. The van der Waals surface area contributed by atoms with Crippen LogP contribution in [0.25, 0.3) is 6.08 Å². The zero-order valence-corrected chi connectivity index (χ0v) is 21.8. The first kappa shape index (κ1) is 24.6. The van der Waals surface area contributed by atoms with Gasteiger partial charge in [-0.3, -0.25) is 14.5 Å². The van der Waals surface area contributed by atoms with Gasteiger partial charge in [-0.2, -0.15) is 0 Å². The van der Waals surface area contributed by atoms with E-state index >= 15 is 0 Å². The predicted octanol–water partition coefficient (Wildman–Crippen LogP) is 7.17. The van der Waals surface area contributed by atoms with Gasteiger partial charge in [0.2, 0.25) is 0 Å². The van der Waals surface area contributed by atoms with Crippen molar-refractivity contribution in [2.45, 2.75) is 13.0 Å². The van der Waals surface area contributed by atoms with Gasteiger partial charge in [-0.05, 0) is 91.5 Å². The zero-order valence-electron chi connectivity index (χ0n) is 16.3. The van der Waals surface area contributed by atoms with E-state index in [0.717, 1.165) is 22.9 Å². The van der Waals surface area contributed by atoms with Crippen molar-refractivity contribution in [2.24, 2.45) is 0 Å². The fourth-order valence-electron chi connectivity index (χ4n) is 2.80. The van der Waals surface area contributed by atoms with E-state index in [1.54, 1.807) is 25.3 Å². The van der Waals surface area contributed by atoms with E-state index < -0.39 is 0 Å². The lowest BCUT2D eigenvalue weighted by molar-refractivity contribution is -0.122. The van der Waals surface area contributed by atoms with Gasteiger partial charge in [0.1, 0.15) is 12.4 Å². The maximum absolute atomic E-state index is 12.6. The van der Waals surface area contributed by atoms with Crippen molar-refractivity contribution in [3.8, 4) is 5.75 Å². The molecular weight excluding hydrogens is 593 g/mol. The largest absolute Gasteiger partial charge is 0.487 e. The molecule has 2 aromatic carbocycles. The second-order valence-electron chi connectivity index (χ2n) is 6.53. The SMILES string of the molecule is COCCCN1C(=O)S/C(=C/c2cc(Br)c(OCc3ccc(Cl)c(Cl)c3)c(Br)c2)C1=O. The van der Waals surface area contributed by atoms with E-state index in [2.05, 4.69) is 31.9 Å². The van der Waals surface area contributed by atoms with Crippen molar-refractivity contribution < 1.29 is 19.1 Å². The Morgan fingerprint density at radius 2 is 1.81 bits per heavy atom. The molecule has 2 amide bonds. The fraction of sp³-hybridized carbons (Fsp3) is 0.238. The number of amides is 2. The standard InChI is InChI=1S/C21H17Br2Cl2NO4S/c1-29-6-2-5-26-20(27)18(31-21(26)28)10-13-7-14(22)19(15(23)8-13)30-11-12-3-4-16(24)17(25)9-12/h3-4,7-10H,2,5-6,11H2,1H3/b18-10+. The van der Waals surface area contributed by atoms with Crippen LogP contribution in [-0.4, -0.2) is 36.3 Å². The van der Waals surface area contributed by atoms with Crippen LogP contribution in [0.5, 0.6) is 5.75 Å². The number of thioether (sulfide) groups is 1. The molecule has 0 unspecified atom stereocenters. The third kappa shape index (κ3) is 6.27. The molecule has 5 nitrogen and oxygen atoms in total. The number of hydrogen-bond donors (Lipinski definition) is 0. The summed E-state index contributed by atoms with van der Waals surface area (Å²) < 4.78 is 12.3. The number of nitrogens with zero attached hydrogens (tertiary/aromatic N) is 1. The summed E-state index contributed by atoms with van der Waals surface area (Å²) in [6, 6.07) is 8.97. The number of imide groups is 1. The summed E-state index contributed by atoms with van der Waals surface area (Å²) in [6.45, 7) is 1.13. The number of ether oxygens (including phenoxy) is 2. The molecule has 0 atom stereocenters. The zero-order chi connectivity index (χ0) is 22.5. The third-order valence-electron chi connectivity index (χ3n) is 4.29. The quantitative estimate of drug-likeness (QED) is 0.235. The molecule has 0 radical (unpaired) electrons. The van der Waals surface area contributed by atoms with Crippen molar-refractivity contribution in [3.63, 3.8) is 0 Å². The van der Waals surface area contributed by atoms with Crippen LogP contribution in [0.15, 0.2) is 44.2 Å². The second kappa shape index (κ2) is 11.2. The van der Waals surface area contributed by atoms with Crippen molar-refractivity contribution in [3.05, 3.63) is 65.4 Å². The average Bonchev–Trinajstić information content (AvgIpc) is 2.97. The van der Waals surface area contributed by atoms with E-state index in [1.165, 1.54) is 4.90 Å². The minimum Gasteiger partial charge on any atom is -0.487 e. The van der Waals surface area contributed by atoms with Gasteiger partial charge in [0.15, 0.2) is 0 Å². The molecule has 1 heterocycles. The van der Waals surface area contributed by atoms with Gasteiger partial charge < -0.3 is 9.47 Å². The smallest absolute Gasteiger partial charge is 0.293 e. The van der Waals surface area contributed by atoms with Gasteiger partial charge in [0, 0.05) is 20.3 Å². The average molecular weight is 610 g/mol. The summed E-state index contributed by atoms with van der Waals surface area (Å²) >= 11 is 20.0. The monoisotopic (exact) mass is 607 g/mol. The third-order valence-corrected chi connectivity index (χ3v) is 7.11. The summed E-state index contributed by atoms with van der Waals surface area (Å²) in [5.41, 5.74) is 1.63. The molecule has 3 rings (SSSR count). The highest BCUT2D eigenvalue weighted by atomic mass is 79.9. The first-order chi connectivity index (χ1) is 14.8. The molecule has 0 aliphatic carbocycles. The number of halogens is 4. The number of rotatable bonds is 8. The Kier molecular flexibility index (Phi) is 8.90. The lowest BCUT2D eigenvalue weighted by Crippen LogP contribution is -2.29. The molecular formula is C21H17Br2Cl2NO4S. The van der Waals surface area contributed by atoms with E-state index in [1.807, 2.05) is 18.2 Å². The maximum Gasteiger partial charge on any atom is 0.293 e. The fourth-order valence-corrected chi connectivity index (χ4v) is 5.43. The molecule has 0 aromatic heterocycles. The van der Waals surface area contributed by atoms with Crippen molar-refractivity contribution in [2.75, 3.05) is 20.3 Å². The van der Waals surface area contributed by atoms with Crippen LogP contribution < -0.4 is 4.74 Å². The number of carbonyl (C=O) groups excluding carboxylic acids is 2. The molecule has 10 heteroatoms. The van der Waals surface area contributed by atoms with Crippen LogP contribution >= 0.6 is 66.8 Å². The molecule has 1 fully saturated rings. The molecule has 1 aliphatic heterocycles. The first-order valence-corrected chi connectivity index (χ1v) is 12.3. The van der Waals surface area contributed by atoms with Gasteiger partial charge >= 0.3 is 0 Å². The molecule has 0 bridgehead atoms. The topological polar surface area (TPSA) is 55.8 Å². The first-order valence-electron chi connectivity index (χ1n) is 9.10. The van der Waals surface area contributed by atoms with Gasteiger partial charge in [0.25, 0.3) is 11.1 Å². The van der Waals surface area contributed by atoms with E-state index in [9.17, 15) is 9.59 Å². The summed E-state index contributed by atoms with van der Waals surface area (Å²) in [7, 11) is 1.58. The van der Waals surface area contributed by atoms with Crippen LogP contribution in [0.2, 0.25) is 10.0 Å². The number of benzene rings is 2. The van der Waals surface area contributed by atoms with Gasteiger partial charge in [0.05, 0.1) is 23.9 Å². The Bertz CT molecular complexity index is 1030. The van der Waals surface area contributed by atoms with E-state index in [4.69, 9.17) is 32.7 Å². The van der Waals surface area contributed by atoms with Crippen LogP contribution in [0, 0.1) is 0 Å². The summed E-state index contributed by atoms with van der Waals surface area (Å²) in [5, 5.41) is 0.680. The molecule has 2 aromatic rings. The lowest BCUT2D eigenvalue weighted by atomic mass is 10.2. The lowest BCUT2D eigenvalue weighted by Gasteiger charge is -2.12. The minimum absolute atomic E-state index is 0.271. The molecule has 1 saturated heterocycles. The Morgan fingerprint density at radius 3 is 2.45 bits per heavy atom. The highest BCUT2D eigenvalue weighted by molar-refractivity contribution is 9.11. The normalized spacial score (nSPS) is 15.3. The van der Waals surface area contributed by atoms with E-state index in [-0.39, 0.29) is 11.1 Å². The molecule has 0 saturated carbocycles. The highest BCUT2D eigenvalue weighted by Crippen LogP contribution is 2.38. The number of carbonyl (C=O) groups is 2. The highest BCUT2D eigenvalue weighted by Gasteiger charge is 2.34. The maximum atomic E-state index is 12.6. The van der Waals surface area contributed by atoms with Crippen molar-refractivity contribution in [1.82, 2.24) is 4.90 Å². The van der Waals surface area contributed by atoms with Crippen molar-refractivity contribution >= 4 is 84.0 Å². The molecule has 1 aliphatic rings. The van der Waals surface area contributed by atoms with Gasteiger partial charge in [-0.1, -0.05) is 29.3 Å². The molecule has 164 valence electrons. The van der Waals surface area contributed by atoms with Crippen LogP contribution in [-0.2, 0) is 16.1 Å². The van der Waals surface area contributed by atoms with E-state index in [0.29, 0.717) is 55.8 Å². The second-order valence-corrected chi connectivity index (χ2v) is 10.0. The Morgan fingerprint density at radius 1 is 1.10 bits per heavy atom. The van der Waals surface area contributed by atoms with Crippen molar-refractivity contribution in [1.29, 1.82) is 0 Å². The van der Waals surface area contributed by atoms with Crippen LogP contribution in [0.1, 0.15) is 17.5 Å². The Balaban J connectivity index is 1.73. The Hall–Kier alpha value is -1.03. The summed E-state index contributed by atoms with van der Waals surface area (Å²) in [4.78, 5) is 26.4. The predicted molar refractivity (Wildman–Crippen MR) is 132 cm³/mol. The minimum atomic E-state index is -0.293. The molecule has 0 N–H and O–H groups in total. The summed E-state index contributed by atoms with van der Waals surface area (Å²) in [6.07, 6.45) is 2.29. The Labute approximate surface area is 211 Å². The number of hydrogen-bond acceptors (Lipinski definition) is 5. The molecule has 0 spiro atoms. The van der Waals surface area contributed by atoms with Crippen LogP contribution in [0.3, 0.4) is 0 Å². The van der Waals surface area contributed by atoms with Gasteiger partial charge in [-0.15, -0.1) is 0 Å². The van der Waals surface area contributed by atoms with Gasteiger partial charge in [-0.25, -0.2) is 0 Å². The molecule has 31 heavy (non-hydrogen) atoms. The van der Waals surface area contributed by atoms with Crippen LogP contribution in [0.4, 0.5) is 4.79 Å². The number of methoxy groups -OCH3 is 1.